The third-order valence-electron chi connectivity index (χ3n) is 2.89. The summed E-state index contributed by atoms with van der Waals surface area (Å²) >= 11 is 9.50. The maximum atomic E-state index is 5.93. The molecular weight excluding hydrogens is 328 g/mol. The summed E-state index contributed by atoms with van der Waals surface area (Å²) in [6.07, 6.45) is 0. The van der Waals surface area contributed by atoms with Gasteiger partial charge >= 0.3 is 0 Å². The summed E-state index contributed by atoms with van der Waals surface area (Å²) in [6, 6.07) is 7.81. The first-order valence-corrected chi connectivity index (χ1v) is 6.88. The Bertz CT molecular complexity index is 782. The Morgan fingerprint density at radius 1 is 1.16 bits per heavy atom. The van der Waals surface area contributed by atoms with Crippen LogP contribution in [0, 0.1) is 13.8 Å². The summed E-state index contributed by atoms with van der Waals surface area (Å²) < 4.78 is 2.87. The smallest absolute Gasteiger partial charge is 0.170 e. The van der Waals surface area contributed by atoms with E-state index in [1.807, 2.05) is 30.4 Å². The van der Waals surface area contributed by atoms with E-state index >= 15 is 0 Å². The summed E-state index contributed by atoms with van der Waals surface area (Å²) in [5, 5.41) is 8.81. The van der Waals surface area contributed by atoms with E-state index in [0.717, 1.165) is 21.7 Å². The first-order chi connectivity index (χ1) is 9.06. The minimum atomic E-state index is 0.423. The van der Waals surface area contributed by atoms with Crippen molar-refractivity contribution in [3.8, 4) is 11.4 Å². The molecule has 6 heteroatoms. The monoisotopic (exact) mass is 336 g/mol. The molecule has 3 aromatic rings. The summed E-state index contributed by atoms with van der Waals surface area (Å²) in [7, 11) is 0. The van der Waals surface area contributed by atoms with Gasteiger partial charge in [-0.15, -0.1) is 10.2 Å². The van der Waals surface area contributed by atoms with Crippen LogP contribution in [0.25, 0.3) is 17.0 Å². The second kappa shape index (κ2) is 4.58. The average Bonchev–Trinajstić information content (AvgIpc) is 2.72. The molecule has 0 amide bonds. The van der Waals surface area contributed by atoms with Crippen molar-refractivity contribution in [2.45, 2.75) is 13.8 Å². The fourth-order valence-corrected chi connectivity index (χ4v) is 2.92. The van der Waals surface area contributed by atoms with Gasteiger partial charge in [-0.2, -0.15) is 0 Å². The highest BCUT2D eigenvalue weighted by molar-refractivity contribution is 9.10. The predicted octanol–water partition coefficient (Wildman–Crippen LogP) is 3.82. The number of benzene rings is 1. The Kier molecular flexibility index (Phi) is 3.03. The molecule has 96 valence electrons. The maximum Gasteiger partial charge on any atom is 0.170 e. The van der Waals surface area contributed by atoms with Gasteiger partial charge in [-0.3, -0.25) is 4.40 Å². The third-order valence-corrected chi connectivity index (χ3v) is 3.74. The number of halogens is 2. The van der Waals surface area contributed by atoms with E-state index in [4.69, 9.17) is 11.6 Å². The second-order valence-electron chi connectivity index (χ2n) is 4.33. The quantitative estimate of drug-likeness (QED) is 0.634. The summed E-state index contributed by atoms with van der Waals surface area (Å²) in [6.45, 7) is 3.93. The van der Waals surface area contributed by atoms with Crippen molar-refractivity contribution in [1.82, 2.24) is 19.6 Å². The molecule has 2 heterocycles. The topological polar surface area (TPSA) is 43.1 Å². The van der Waals surface area contributed by atoms with Crippen molar-refractivity contribution >= 4 is 33.2 Å². The fourth-order valence-electron chi connectivity index (χ4n) is 2.03. The highest BCUT2D eigenvalue weighted by Crippen LogP contribution is 2.28. The molecule has 0 N–H and O–H groups in total. The van der Waals surface area contributed by atoms with Gasteiger partial charge in [0.2, 0.25) is 0 Å². The molecule has 0 saturated heterocycles. The van der Waals surface area contributed by atoms with Crippen LogP contribution in [0.2, 0.25) is 5.15 Å². The number of fused-ring (bicyclic) bond motifs is 1. The molecule has 0 radical (unpaired) electrons. The molecule has 1 aromatic carbocycles. The first-order valence-electron chi connectivity index (χ1n) is 5.71. The van der Waals surface area contributed by atoms with E-state index in [-0.39, 0.29) is 0 Å². The zero-order chi connectivity index (χ0) is 13.6. The van der Waals surface area contributed by atoms with Gasteiger partial charge < -0.3 is 0 Å². The number of rotatable bonds is 1. The number of aromatic nitrogens is 4. The number of nitrogens with zero attached hydrogens (tertiary/aromatic N) is 4. The lowest BCUT2D eigenvalue weighted by Gasteiger charge is -2.06. The van der Waals surface area contributed by atoms with Gasteiger partial charge in [0.1, 0.15) is 11.0 Å². The van der Waals surface area contributed by atoms with Crippen molar-refractivity contribution in [2.24, 2.45) is 0 Å². The van der Waals surface area contributed by atoms with Gasteiger partial charge in [0.25, 0.3) is 0 Å². The van der Waals surface area contributed by atoms with Gasteiger partial charge in [-0.05, 0) is 31.5 Å². The largest absolute Gasteiger partial charge is 0.263 e. The number of hydrogen-bond acceptors (Lipinski definition) is 3. The molecule has 0 unspecified atom stereocenters. The van der Waals surface area contributed by atoms with E-state index in [1.54, 1.807) is 6.07 Å². The molecule has 0 fully saturated rings. The van der Waals surface area contributed by atoms with Crippen molar-refractivity contribution in [2.75, 3.05) is 0 Å². The minimum absolute atomic E-state index is 0.423. The third kappa shape index (κ3) is 2.13. The molecule has 0 atom stereocenters. The molecular formula is C13H10BrClN4. The van der Waals surface area contributed by atoms with Gasteiger partial charge in [0.05, 0.1) is 0 Å². The van der Waals surface area contributed by atoms with Crippen molar-refractivity contribution in [3.63, 3.8) is 0 Å². The van der Waals surface area contributed by atoms with Gasteiger partial charge in [-0.1, -0.05) is 33.6 Å². The lowest BCUT2D eigenvalue weighted by Crippen LogP contribution is -1.98. The van der Waals surface area contributed by atoms with Crippen molar-refractivity contribution in [1.29, 1.82) is 0 Å². The van der Waals surface area contributed by atoms with E-state index in [0.29, 0.717) is 10.8 Å². The fraction of sp³-hybridized carbons (Fsp3) is 0.154. The number of hydrogen-bond donors (Lipinski definition) is 0. The van der Waals surface area contributed by atoms with Crippen LogP contribution in [0.4, 0.5) is 0 Å². The van der Waals surface area contributed by atoms with Crippen LogP contribution in [-0.2, 0) is 0 Å². The lowest BCUT2D eigenvalue weighted by molar-refractivity contribution is 0.987. The van der Waals surface area contributed by atoms with E-state index in [1.165, 1.54) is 5.56 Å². The van der Waals surface area contributed by atoms with E-state index in [9.17, 15) is 0 Å². The van der Waals surface area contributed by atoms with Crippen LogP contribution in [0.1, 0.15) is 11.4 Å². The summed E-state index contributed by atoms with van der Waals surface area (Å²) in [5.41, 5.74) is 2.85. The Morgan fingerprint density at radius 2 is 1.95 bits per heavy atom. The van der Waals surface area contributed by atoms with Gasteiger partial charge in [-0.25, -0.2) is 4.98 Å². The molecule has 0 aliphatic carbocycles. The first kappa shape index (κ1) is 12.6. The molecule has 0 aliphatic heterocycles. The minimum Gasteiger partial charge on any atom is -0.263 e. The SMILES string of the molecule is Cc1ccc(-c2nnc3cc(Cl)nc(C)n23)c(Br)c1. The standard InChI is InChI=1S/C13H10BrClN4/c1-7-3-4-9(10(14)5-7)13-18-17-12-6-11(15)16-8(2)19(12)13/h3-6H,1-2H3. The van der Waals surface area contributed by atoms with Crippen LogP contribution in [-0.4, -0.2) is 19.6 Å². The number of aryl methyl sites for hydroxylation is 2. The molecule has 2 aromatic heterocycles. The normalized spacial score (nSPS) is 11.2. The molecule has 19 heavy (non-hydrogen) atoms. The Hall–Kier alpha value is -1.46. The summed E-state index contributed by atoms with van der Waals surface area (Å²) in [4.78, 5) is 4.24. The van der Waals surface area contributed by atoms with Crippen LogP contribution < -0.4 is 0 Å². The zero-order valence-corrected chi connectivity index (χ0v) is 12.7. The molecule has 0 bridgehead atoms. The van der Waals surface area contributed by atoms with Crippen molar-refractivity contribution in [3.05, 3.63) is 45.3 Å². The summed E-state index contributed by atoms with van der Waals surface area (Å²) in [5.74, 6) is 1.51. The second-order valence-corrected chi connectivity index (χ2v) is 5.57. The van der Waals surface area contributed by atoms with E-state index < -0.39 is 0 Å². The molecule has 4 nitrogen and oxygen atoms in total. The molecule has 0 spiro atoms. The molecule has 3 rings (SSSR count). The highest BCUT2D eigenvalue weighted by atomic mass is 79.9. The average molecular weight is 338 g/mol. The van der Waals surface area contributed by atoms with E-state index in [2.05, 4.69) is 37.2 Å². The van der Waals surface area contributed by atoms with Crippen LogP contribution in [0.15, 0.2) is 28.7 Å². The van der Waals surface area contributed by atoms with Gasteiger partial charge in [0, 0.05) is 16.1 Å². The van der Waals surface area contributed by atoms with Crippen LogP contribution in [0.5, 0.6) is 0 Å². The Morgan fingerprint density at radius 3 is 2.68 bits per heavy atom. The lowest BCUT2D eigenvalue weighted by atomic mass is 10.1. The predicted molar refractivity (Wildman–Crippen MR) is 78.4 cm³/mol. The Labute approximate surface area is 123 Å². The molecule has 0 aliphatic rings. The van der Waals surface area contributed by atoms with Crippen LogP contribution >= 0.6 is 27.5 Å². The van der Waals surface area contributed by atoms with Gasteiger partial charge in [0.15, 0.2) is 11.5 Å². The van der Waals surface area contributed by atoms with Crippen molar-refractivity contribution < 1.29 is 0 Å². The van der Waals surface area contributed by atoms with Crippen LogP contribution in [0.3, 0.4) is 0 Å². The zero-order valence-electron chi connectivity index (χ0n) is 10.4. The highest BCUT2D eigenvalue weighted by Gasteiger charge is 2.14. The maximum absolute atomic E-state index is 5.93. The molecule has 0 saturated carbocycles. The Balaban J connectivity index is 2.31.